The van der Waals surface area contributed by atoms with Gasteiger partial charge in [-0.2, -0.15) is 0 Å². The van der Waals surface area contributed by atoms with E-state index in [1.165, 1.54) is 0 Å². The number of primary amides is 1. The Bertz CT molecular complexity index is 932. The van der Waals surface area contributed by atoms with Crippen LogP contribution in [0.5, 0.6) is 11.5 Å². The number of rotatable bonds is 18. The van der Waals surface area contributed by atoms with E-state index in [1.54, 1.807) is 14.2 Å². The van der Waals surface area contributed by atoms with Crippen molar-refractivity contribution < 1.29 is 28.9 Å². The van der Waals surface area contributed by atoms with Crippen LogP contribution in [0.2, 0.25) is 0 Å². The molecule has 0 aliphatic heterocycles. The van der Waals surface area contributed by atoms with Crippen LogP contribution in [0.25, 0.3) is 0 Å². The van der Waals surface area contributed by atoms with E-state index in [-0.39, 0.29) is 24.2 Å². The average Bonchev–Trinajstić information content (AvgIpc) is 3.38. The maximum atomic E-state index is 13.3. The van der Waals surface area contributed by atoms with Gasteiger partial charge >= 0.3 is 0 Å². The summed E-state index contributed by atoms with van der Waals surface area (Å²) in [6, 6.07) is 5.47. The van der Waals surface area contributed by atoms with Crippen molar-refractivity contribution in [2.75, 3.05) is 27.4 Å². The number of nitrogens with one attached hydrogen (secondary N) is 1. The zero-order valence-electron chi connectivity index (χ0n) is 25.4. The topological polar surface area (TPSA) is 146 Å². The van der Waals surface area contributed by atoms with Crippen LogP contribution in [0, 0.1) is 23.7 Å². The number of benzene rings is 1. The Balaban J connectivity index is 2.06. The second kappa shape index (κ2) is 16.2. The lowest BCUT2D eigenvalue weighted by atomic mass is 9.80. The van der Waals surface area contributed by atoms with E-state index in [2.05, 4.69) is 19.2 Å². The molecule has 40 heavy (non-hydrogen) atoms. The molecule has 0 saturated heterocycles. The minimum Gasteiger partial charge on any atom is -0.493 e. The molecule has 0 spiro atoms. The average molecular weight is 564 g/mol. The molecule has 228 valence electrons. The number of carbonyl (C=O) groups excluding carboxylic acids is 2. The summed E-state index contributed by atoms with van der Waals surface area (Å²) in [6.07, 6.45) is 4.35. The van der Waals surface area contributed by atoms with Crippen molar-refractivity contribution in [1.29, 1.82) is 0 Å². The monoisotopic (exact) mass is 563 g/mol. The standard InChI is InChI=1S/C31H53N3O6/c1-20(2)23(16-22-10-11-27(39-6)28(17-22)40-15-9-14-38-5)18-25(32)26(35)19-24(21(3)4)29(36)34-31(30(33)37)12-7-8-13-31/h10-11,17,20-21,23-26,35H,7-9,12-16,18-19,32H2,1-6H3,(H2,33,37)(H,34,36)/t23-,24-,25-,26-/m0/s1. The Morgan fingerprint density at radius 3 is 2.25 bits per heavy atom. The van der Waals surface area contributed by atoms with Gasteiger partial charge in [0.1, 0.15) is 5.54 Å². The van der Waals surface area contributed by atoms with Gasteiger partial charge in [0.25, 0.3) is 0 Å². The van der Waals surface area contributed by atoms with Crippen molar-refractivity contribution in [3.8, 4) is 11.5 Å². The van der Waals surface area contributed by atoms with Gasteiger partial charge in [0.15, 0.2) is 11.5 Å². The predicted octanol–water partition coefficient (Wildman–Crippen LogP) is 3.58. The van der Waals surface area contributed by atoms with Crippen molar-refractivity contribution >= 4 is 11.8 Å². The molecule has 2 rings (SSSR count). The molecule has 1 aliphatic rings. The largest absolute Gasteiger partial charge is 0.493 e. The first kappa shape index (κ1) is 33.8. The molecule has 9 heteroatoms. The molecule has 0 aromatic heterocycles. The molecular weight excluding hydrogens is 510 g/mol. The molecule has 2 amide bonds. The second-order valence-electron chi connectivity index (χ2n) is 12.1. The molecule has 4 atom stereocenters. The van der Waals surface area contributed by atoms with Gasteiger partial charge in [0.2, 0.25) is 11.8 Å². The summed E-state index contributed by atoms with van der Waals surface area (Å²) < 4.78 is 16.5. The second-order valence-corrected chi connectivity index (χ2v) is 12.1. The van der Waals surface area contributed by atoms with Crippen molar-refractivity contribution in [3.05, 3.63) is 23.8 Å². The summed E-state index contributed by atoms with van der Waals surface area (Å²) >= 11 is 0. The van der Waals surface area contributed by atoms with Crippen molar-refractivity contribution in [3.63, 3.8) is 0 Å². The summed E-state index contributed by atoms with van der Waals surface area (Å²) in [5.41, 5.74) is 12.4. The molecule has 0 radical (unpaired) electrons. The van der Waals surface area contributed by atoms with Crippen LogP contribution in [-0.4, -0.2) is 62.0 Å². The Labute approximate surface area is 240 Å². The molecule has 6 N–H and O–H groups in total. The van der Waals surface area contributed by atoms with Crippen LogP contribution in [-0.2, 0) is 20.7 Å². The fraction of sp³-hybridized carbons (Fsp3) is 0.742. The molecule has 9 nitrogen and oxygen atoms in total. The summed E-state index contributed by atoms with van der Waals surface area (Å²) in [5.74, 6) is 0.688. The van der Waals surface area contributed by atoms with E-state index >= 15 is 0 Å². The maximum absolute atomic E-state index is 13.3. The molecule has 1 aromatic rings. The van der Waals surface area contributed by atoms with Crippen molar-refractivity contribution in [2.45, 2.75) is 96.7 Å². The highest BCUT2D eigenvalue weighted by molar-refractivity contribution is 5.91. The van der Waals surface area contributed by atoms with E-state index in [4.69, 9.17) is 25.7 Å². The lowest BCUT2D eigenvalue weighted by Gasteiger charge is -2.33. The highest BCUT2D eigenvalue weighted by Gasteiger charge is 2.42. The van der Waals surface area contributed by atoms with Gasteiger partial charge in [-0.25, -0.2) is 0 Å². The van der Waals surface area contributed by atoms with Gasteiger partial charge in [0.05, 0.1) is 19.8 Å². The van der Waals surface area contributed by atoms with E-state index < -0.39 is 29.5 Å². The number of ether oxygens (including phenoxy) is 3. The summed E-state index contributed by atoms with van der Waals surface area (Å²) in [5, 5.41) is 14.1. The summed E-state index contributed by atoms with van der Waals surface area (Å²) in [7, 11) is 3.29. The molecule has 0 bridgehead atoms. The zero-order chi connectivity index (χ0) is 29.9. The third-order valence-corrected chi connectivity index (χ3v) is 8.42. The summed E-state index contributed by atoms with van der Waals surface area (Å²) in [6.45, 7) is 9.37. The number of methoxy groups -OCH3 is 2. The normalized spacial score (nSPS) is 17.9. The molecule has 1 fully saturated rings. The van der Waals surface area contributed by atoms with E-state index in [0.717, 1.165) is 31.2 Å². The molecule has 1 saturated carbocycles. The van der Waals surface area contributed by atoms with Gasteiger partial charge in [-0.15, -0.1) is 0 Å². The number of aliphatic hydroxyl groups excluding tert-OH is 1. The number of amides is 2. The first-order chi connectivity index (χ1) is 18.9. The minimum absolute atomic E-state index is 0.0318. The number of carbonyl (C=O) groups is 2. The van der Waals surface area contributed by atoms with Gasteiger partial charge in [0, 0.05) is 32.1 Å². The lowest BCUT2D eigenvalue weighted by Crippen LogP contribution is -2.57. The summed E-state index contributed by atoms with van der Waals surface area (Å²) in [4.78, 5) is 25.4. The molecule has 0 unspecified atom stereocenters. The van der Waals surface area contributed by atoms with E-state index in [1.807, 2.05) is 32.0 Å². The number of aliphatic hydroxyl groups is 1. The van der Waals surface area contributed by atoms with E-state index in [9.17, 15) is 14.7 Å². The zero-order valence-corrected chi connectivity index (χ0v) is 25.4. The van der Waals surface area contributed by atoms with Gasteiger partial charge in [-0.1, -0.05) is 46.6 Å². The Morgan fingerprint density at radius 1 is 1.02 bits per heavy atom. The Kier molecular flexibility index (Phi) is 13.7. The third-order valence-electron chi connectivity index (χ3n) is 8.42. The van der Waals surface area contributed by atoms with Crippen LogP contribution >= 0.6 is 0 Å². The highest BCUT2D eigenvalue weighted by atomic mass is 16.5. The minimum atomic E-state index is -0.981. The number of hydrogen-bond acceptors (Lipinski definition) is 7. The van der Waals surface area contributed by atoms with Crippen LogP contribution in [0.1, 0.15) is 78.2 Å². The van der Waals surface area contributed by atoms with Gasteiger partial charge < -0.3 is 36.1 Å². The predicted molar refractivity (Wildman–Crippen MR) is 157 cm³/mol. The van der Waals surface area contributed by atoms with Gasteiger partial charge in [-0.3, -0.25) is 9.59 Å². The third kappa shape index (κ3) is 9.63. The van der Waals surface area contributed by atoms with Crippen molar-refractivity contribution in [1.82, 2.24) is 5.32 Å². The number of nitrogens with two attached hydrogens (primary N) is 2. The van der Waals surface area contributed by atoms with Crippen LogP contribution in [0.3, 0.4) is 0 Å². The Hall–Kier alpha value is -2.36. The van der Waals surface area contributed by atoms with Crippen LogP contribution in [0.15, 0.2) is 18.2 Å². The smallest absolute Gasteiger partial charge is 0.243 e. The van der Waals surface area contributed by atoms with E-state index in [0.29, 0.717) is 49.9 Å². The first-order valence-electron chi connectivity index (χ1n) is 14.8. The fourth-order valence-electron chi connectivity index (χ4n) is 5.60. The molecule has 1 aliphatic carbocycles. The van der Waals surface area contributed by atoms with Crippen molar-refractivity contribution in [2.24, 2.45) is 35.1 Å². The fourth-order valence-corrected chi connectivity index (χ4v) is 5.60. The Morgan fingerprint density at radius 2 is 1.70 bits per heavy atom. The molecule has 1 aromatic carbocycles. The first-order valence-corrected chi connectivity index (χ1v) is 14.8. The highest BCUT2D eigenvalue weighted by Crippen LogP contribution is 2.33. The number of hydrogen-bond donors (Lipinski definition) is 4. The van der Waals surface area contributed by atoms with Gasteiger partial charge in [-0.05, 0) is 67.6 Å². The SMILES string of the molecule is COCCCOc1cc(C[C@@H](C[C@H](N)[C@@H](O)C[C@H](C(=O)NC2(C(N)=O)CCCC2)C(C)C)C(C)C)ccc1OC. The quantitative estimate of drug-likeness (QED) is 0.200. The molecule has 0 heterocycles. The van der Waals surface area contributed by atoms with Crippen LogP contribution < -0.4 is 26.3 Å². The maximum Gasteiger partial charge on any atom is 0.243 e. The lowest BCUT2D eigenvalue weighted by molar-refractivity contribution is -0.135. The molecular formula is C31H53N3O6. The van der Waals surface area contributed by atoms with Crippen LogP contribution in [0.4, 0.5) is 0 Å².